The number of hydrogen-bond acceptors (Lipinski definition) is 3. The van der Waals surface area contributed by atoms with Crippen LogP contribution in [0.15, 0.2) is 41.2 Å². The van der Waals surface area contributed by atoms with E-state index in [0.717, 1.165) is 5.56 Å². The predicted octanol–water partition coefficient (Wildman–Crippen LogP) is 0.611. The van der Waals surface area contributed by atoms with Crippen molar-refractivity contribution in [2.24, 2.45) is 22.2 Å². The van der Waals surface area contributed by atoms with Gasteiger partial charge in [-0.25, -0.2) is 0 Å². The van der Waals surface area contributed by atoms with E-state index in [0.29, 0.717) is 12.2 Å². The van der Waals surface area contributed by atoms with E-state index in [2.05, 4.69) is 4.99 Å². The molecule has 0 aliphatic rings. The molecular formula is C11H16N4. The van der Waals surface area contributed by atoms with Gasteiger partial charge in [-0.05, 0) is 12.5 Å². The van der Waals surface area contributed by atoms with Crippen molar-refractivity contribution in [3.63, 3.8) is 0 Å². The molecule has 0 unspecified atom stereocenters. The molecule has 0 atom stereocenters. The second-order valence-electron chi connectivity index (χ2n) is 3.31. The zero-order chi connectivity index (χ0) is 11.3. The zero-order valence-corrected chi connectivity index (χ0v) is 8.77. The third-order valence-corrected chi connectivity index (χ3v) is 2.03. The Morgan fingerprint density at radius 2 is 1.87 bits per heavy atom. The standard InChI is InChI=1S/C11H16N4/c1-8-2-4-9(5-3-8)7-15-11(14)10(13)6-12/h2-6H,7,12-13H2,1H3,(H2,14,15). The lowest BCUT2D eigenvalue weighted by molar-refractivity contribution is 1.05. The Bertz CT molecular complexity index is 376. The Labute approximate surface area is 89.5 Å². The summed E-state index contributed by atoms with van der Waals surface area (Å²) in [4.78, 5) is 4.12. The molecule has 4 heteroatoms. The molecule has 6 N–H and O–H groups in total. The number of aryl methyl sites for hydroxylation is 1. The fourth-order valence-electron chi connectivity index (χ4n) is 1.05. The number of nitrogens with zero attached hydrogens (tertiary/aromatic N) is 1. The molecule has 0 saturated heterocycles. The molecule has 1 aromatic rings. The third-order valence-electron chi connectivity index (χ3n) is 2.03. The van der Waals surface area contributed by atoms with E-state index in [-0.39, 0.29) is 5.84 Å². The minimum atomic E-state index is 0.276. The van der Waals surface area contributed by atoms with Crippen LogP contribution in [0.1, 0.15) is 11.1 Å². The van der Waals surface area contributed by atoms with Crippen LogP contribution in [0.2, 0.25) is 0 Å². The maximum absolute atomic E-state index is 5.58. The highest BCUT2D eigenvalue weighted by Gasteiger charge is 1.95. The van der Waals surface area contributed by atoms with Gasteiger partial charge in [0.25, 0.3) is 0 Å². The molecule has 15 heavy (non-hydrogen) atoms. The second-order valence-corrected chi connectivity index (χ2v) is 3.31. The number of nitrogens with two attached hydrogens (primary N) is 3. The molecule has 0 saturated carbocycles. The van der Waals surface area contributed by atoms with E-state index in [1.807, 2.05) is 31.2 Å². The van der Waals surface area contributed by atoms with E-state index in [4.69, 9.17) is 17.2 Å². The van der Waals surface area contributed by atoms with Crippen LogP contribution >= 0.6 is 0 Å². The molecule has 0 aliphatic heterocycles. The fourth-order valence-corrected chi connectivity index (χ4v) is 1.05. The van der Waals surface area contributed by atoms with Crippen molar-refractivity contribution in [1.82, 2.24) is 0 Å². The molecular weight excluding hydrogens is 188 g/mol. The quantitative estimate of drug-likeness (QED) is 0.497. The van der Waals surface area contributed by atoms with Gasteiger partial charge >= 0.3 is 0 Å². The van der Waals surface area contributed by atoms with Crippen molar-refractivity contribution in [3.8, 4) is 0 Å². The lowest BCUT2D eigenvalue weighted by Crippen LogP contribution is -2.22. The van der Waals surface area contributed by atoms with Gasteiger partial charge in [0.05, 0.1) is 12.2 Å². The highest BCUT2D eigenvalue weighted by atomic mass is 14.9. The fraction of sp³-hybridized carbons (Fsp3) is 0.182. The Balaban J connectivity index is 2.68. The molecule has 0 spiro atoms. The van der Waals surface area contributed by atoms with Crippen LogP contribution in [0.25, 0.3) is 0 Å². The summed E-state index contributed by atoms with van der Waals surface area (Å²) >= 11 is 0. The van der Waals surface area contributed by atoms with Crippen LogP contribution in [-0.4, -0.2) is 5.84 Å². The molecule has 0 aliphatic carbocycles. The molecule has 0 heterocycles. The summed E-state index contributed by atoms with van der Waals surface area (Å²) in [5.41, 5.74) is 18.9. The van der Waals surface area contributed by atoms with Crippen molar-refractivity contribution in [3.05, 3.63) is 47.3 Å². The smallest absolute Gasteiger partial charge is 0.143 e. The van der Waals surface area contributed by atoms with Crippen molar-refractivity contribution < 1.29 is 0 Å². The summed E-state index contributed by atoms with van der Waals surface area (Å²) < 4.78 is 0. The van der Waals surface area contributed by atoms with Gasteiger partial charge in [0.2, 0.25) is 0 Å². The van der Waals surface area contributed by atoms with E-state index in [1.165, 1.54) is 11.8 Å². The first-order valence-electron chi connectivity index (χ1n) is 4.66. The minimum Gasteiger partial charge on any atom is -0.403 e. The lowest BCUT2D eigenvalue weighted by Gasteiger charge is -2.01. The summed E-state index contributed by atoms with van der Waals surface area (Å²) in [6, 6.07) is 8.08. The van der Waals surface area contributed by atoms with Gasteiger partial charge in [0.15, 0.2) is 0 Å². The molecule has 1 rings (SSSR count). The van der Waals surface area contributed by atoms with Gasteiger partial charge in [-0.15, -0.1) is 0 Å². The van der Waals surface area contributed by atoms with E-state index < -0.39 is 0 Å². The number of hydrogen-bond donors (Lipinski definition) is 3. The number of amidine groups is 1. The summed E-state index contributed by atoms with van der Waals surface area (Å²) in [6.45, 7) is 2.55. The first kappa shape index (κ1) is 11.1. The average Bonchev–Trinajstić information content (AvgIpc) is 2.26. The van der Waals surface area contributed by atoms with Crippen LogP contribution in [0.5, 0.6) is 0 Å². The Kier molecular flexibility index (Phi) is 3.74. The van der Waals surface area contributed by atoms with Gasteiger partial charge in [-0.1, -0.05) is 29.8 Å². The largest absolute Gasteiger partial charge is 0.403 e. The molecule has 0 fully saturated rings. The maximum atomic E-state index is 5.58. The SMILES string of the molecule is Cc1ccc(CN=C(N)C(N)=CN)cc1. The molecule has 0 amide bonds. The first-order valence-corrected chi connectivity index (χ1v) is 4.66. The van der Waals surface area contributed by atoms with Crippen molar-refractivity contribution in [2.45, 2.75) is 13.5 Å². The van der Waals surface area contributed by atoms with Gasteiger partial charge in [-0.3, -0.25) is 4.99 Å². The van der Waals surface area contributed by atoms with Crippen LogP contribution in [0.4, 0.5) is 0 Å². The highest BCUT2D eigenvalue weighted by molar-refractivity contribution is 5.95. The van der Waals surface area contributed by atoms with Gasteiger partial charge in [-0.2, -0.15) is 0 Å². The molecule has 1 aromatic carbocycles. The topological polar surface area (TPSA) is 90.4 Å². The van der Waals surface area contributed by atoms with Crippen LogP contribution in [0.3, 0.4) is 0 Å². The monoisotopic (exact) mass is 204 g/mol. The maximum Gasteiger partial charge on any atom is 0.143 e. The Hall–Kier alpha value is -1.97. The van der Waals surface area contributed by atoms with E-state index >= 15 is 0 Å². The van der Waals surface area contributed by atoms with Crippen molar-refractivity contribution in [2.75, 3.05) is 0 Å². The molecule has 0 aromatic heterocycles. The molecule has 0 radical (unpaired) electrons. The first-order chi connectivity index (χ1) is 7.13. The number of benzene rings is 1. The predicted molar refractivity (Wildman–Crippen MR) is 63.0 cm³/mol. The van der Waals surface area contributed by atoms with Crippen molar-refractivity contribution in [1.29, 1.82) is 0 Å². The van der Waals surface area contributed by atoms with Crippen LogP contribution in [0, 0.1) is 6.92 Å². The Morgan fingerprint density at radius 3 is 2.40 bits per heavy atom. The van der Waals surface area contributed by atoms with Gasteiger partial charge in [0.1, 0.15) is 5.84 Å². The van der Waals surface area contributed by atoms with Gasteiger partial charge < -0.3 is 17.2 Å². The normalized spacial score (nSPS) is 12.9. The lowest BCUT2D eigenvalue weighted by atomic mass is 10.1. The van der Waals surface area contributed by atoms with Crippen LogP contribution < -0.4 is 17.2 Å². The third kappa shape index (κ3) is 3.34. The second kappa shape index (κ2) is 5.05. The molecule has 80 valence electrons. The summed E-state index contributed by atoms with van der Waals surface area (Å²) in [5, 5.41) is 0. The summed E-state index contributed by atoms with van der Waals surface area (Å²) in [5.74, 6) is 0.276. The average molecular weight is 204 g/mol. The summed E-state index contributed by atoms with van der Waals surface area (Å²) in [7, 11) is 0. The van der Waals surface area contributed by atoms with E-state index in [9.17, 15) is 0 Å². The van der Waals surface area contributed by atoms with Crippen LogP contribution in [-0.2, 0) is 6.54 Å². The van der Waals surface area contributed by atoms with E-state index in [1.54, 1.807) is 0 Å². The van der Waals surface area contributed by atoms with Gasteiger partial charge in [0, 0.05) is 6.20 Å². The van der Waals surface area contributed by atoms with Crippen molar-refractivity contribution >= 4 is 5.84 Å². The zero-order valence-electron chi connectivity index (χ0n) is 8.77. The number of aliphatic imine (C=N–C) groups is 1. The minimum absolute atomic E-state index is 0.276. The Morgan fingerprint density at radius 1 is 1.27 bits per heavy atom. The molecule has 4 nitrogen and oxygen atoms in total. The highest BCUT2D eigenvalue weighted by Crippen LogP contribution is 2.04. The molecule has 0 bridgehead atoms. The summed E-state index contributed by atoms with van der Waals surface area (Å²) in [6.07, 6.45) is 1.24. The number of rotatable bonds is 3.